The lowest BCUT2D eigenvalue weighted by atomic mass is 10.0. The van der Waals surface area contributed by atoms with Crippen LogP contribution in [0.5, 0.6) is 0 Å². The highest BCUT2D eigenvalue weighted by Gasteiger charge is 2.02. The molecule has 3 nitrogen and oxygen atoms in total. The van der Waals surface area contributed by atoms with E-state index in [1.165, 1.54) is 83.5 Å². The molecule has 0 heterocycles. The van der Waals surface area contributed by atoms with Gasteiger partial charge in [0.25, 0.3) is 0 Å². The van der Waals surface area contributed by atoms with Crippen LogP contribution >= 0.6 is 0 Å². The molecule has 136 valence electrons. The molecule has 0 fully saturated rings. The number of nitrogens with two attached hydrogens (primary N) is 1. The van der Waals surface area contributed by atoms with Gasteiger partial charge in [0, 0.05) is 5.57 Å². The van der Waals surface area contributed by atoms with Crippen molar-refractivity contribution in [2.45, 2.75) is 103 Å². The van der Waals surface area contributed by atoms with Crippen molar-refractivity contribution >= 4 is 5.97 Å². The predicted octanol–water partition coefficient (Wildman–Crippen LogP) is 5.83. The minimum atomic E-state index is -0.847. The van der Waals surface area contributed by atoms with Crippen molar-refractivity contribution in [2.24, 2.45) is 5.73 Å². The van der Waals surface area contributed by atoms with Gasteiger partial charge in [-0.25, -0.2) is 4.79 Å². The molecule has 0 bridgehead atoms. The molecule has 0 saturated carbocycles. The van der Waals surface area contributed by atoms with Crippen molar-refractivity contribution < 1.29 is 9.90 Å². The topological polar surface area (TPSA) is 63.3 Å². The van der Waals surface area contributed by atoms with Gasteiger partial charge in [-0.1, -0.05) is 90.0 Å². The Bertz CT molecular complexity index is 289. The van der Waals surface area contributed by atoms with Crippen molar-refractivity contribution in [3.8, 4) is 0 Å². The lowest BCUT2D eigenvalue weighted by molar-refractivity contribution is -0.132. The molecule has 0 unspecified atom stereocenters. The van der Waals surface area contributed by atoms with Crippen LogP contribution in [-0.2, 0) is 4.79 Å². The summed E-state index contributed by atoms with van der Waals surface area (Å²) in [5, 5.41) is 8.70. The van der Waals surface area contributed by atoms with Crippen LogP contribution in [0.25, 0.3) is 0 Å². The first-order chi connectivity index (χ1) is 11.2. The summed E-state index contributed by atoms with van der Waals surface area (Å²) in [6.45, 7) is 4.40. The minimum absolute atomic E-state index is 0.351. The number of carboxylic acid groups (broad SMARTS) is 1. The Hall–Kier alpha value is -0.830. The molecule has 0 rings (SSSR count). The van der Waals surface area contributed by atoms with E-state index >= 15 is 0 Å². The number of unbranched alkanes of at least 4 members (excludes halogenated alkanes) is 14. The third-order valence-corrected chi connectivity index (χ3v) is 4.49. The van der Waals surface area contributed by atoms with Crippen molar-refractivity contribution in [1.82, 2.24) is 0 Å². The van der Waals surface area contributed by atoms with Crippen LogP contribution in [0, 0.1) is 0 Å². The Morgan fingerprint density at radius 1 is 0.652 bits per heavy atom. The Labute approximate surface area is 143 Å². The Morgan fingerprint density at radius 3 is 1.26 bits per heavy atom. The maximum atomic E-state index is 10.6. The van der Waals surface area contributed by atoms with Gasteiger partial charge >= 0.3 is 5.97 Å². The summed E-state index contributed by atoms with van der Waals surface area (Å²) in [5.74, 6) is -0.847. The van der Waals surface area contributed by atoms with Crippen LogP contribution in [0.15, 0.2) is 12.2 Å². The summed E-state index contributed by atoms with van der Waals surface area (Å²) >= 11 is 0. The molecule has 0 aliphatic carbocycles. The fraction of sp³-hybridized carbons (Fsp3) is 0.850. The number of aliphatic carboxylic acids is 1. The zero-order chi connectivity index (χ0) is 17.2. The van der Waals surface area contributed by atoms with Gasteiger partial charge in [-0.15, -0.1) is 0 Å². The number of hydrogen-bond donors (Lipinski definition) is 2. The quantitative estimate of drug-likeness (QED) is 0.246. The molecule has 3 heteroatoms. The highest BCUT2D eigenvalue weighted by Crippen LogP contribution is 2.14. The Morgan fingerprint density at radius 2 is 0.957 bits per heavy atom. The van der Waals surface area contributed by atoms with Crippen molar-refractivity contribution in [3.05, 3.63) is 12.2 Å². The normalized spacial score (nSPS) is 10.8. The largest absolute Gasteiger partial charge is 0.478 e. The molecule has 0 amide bonds. The highest BCUT2D eigenvalue weighted by atomic mass is 16.4. The van der Waals surface area contributed by atoms with Crippen LogP contribution in [0.1, 0.15) is 103 Å². The molecule has 0 aliphatic heterocycles. The van der Waals surface area contributed by atoms with Crippen LogP contribution in [-0.4, -0.2) is 17.6 Å². The maximum Gasteiger partial charge on any atom is 0.330 e. The standard InChI is InChI=1S/C20H39NO2/c1-19(20(22)23)17-15-13-11-9-7-5-3-2-4-6-8-10-12-14-16-18-21/h1-18,21H2,(H,22,23). The summed E-state index contributed by atoms with van der Waals surface area (Å²) < 4.78 is 0. The molecule has 0 radical (unpaired) electrons. The molecular formula is C20H39NO2. The summed E-state index contributed by atoms with van der Waals surface area (Å²) in [5.41, 5.74) is 5.83. The van der Waals surface area contributed by atoms with Crippen LogP contribution < -0.4 is 5.73 Å². The molecule has 0 aromatic heterocycles. The Balaban J connectivity index is 3.05. The van der Waals surface area contributed by atoms with E-state index in [0.717, 1.165) is 19.4 Å². The first-order valence-corrected chi connectivity index (χ1v) is 9.79. The zero-order valence-corrected chi connectivity index (χ0v) is 15.2. The van der Waals surface area contributed by atoms with Crippen molar-refractivity contribution in [2.75, 3.05) is 6.54 Å². The van der Waals surface area contributed by atoms with E-state index in [1.807, 2.05) is 0 Å². The van der Waals surface area contributed by atoms with E-state index in [9.17, 15) is 4.79 Å². The summed E-state index contributed by atoms with van der Waals surface area (Å²) in [7, 11) is 0. The highest BCUT2D eigenvalue weighted by molar-refractivity contribution is 5.85. The SMILES string of the molecule is C=C(CCCCCCCCCCCCCCCCCN)C(=O)O. The van der Waals surface area contributed by atoms with E-state index in [4.69, 9.17) is 10.8 Å². The monoisotopic (exact) mass is 325 g/mol. The third-order valence-electron chi connectivity index (χ3n) is 4.49. The van der Waals surface area contributed by atoms with E-state index < -0.39 is 5.97 Å². The second kappa shape index (κ2) is 17.5. The molecular weight excluding hydrogens is 286 g/mol. The molecule has 0 aromatic rings. The average molecular weight is 326 g/mol. The van der Waals surface area contributed by atoms with Crippen LogP contribution in [0.2, 0.25) is 0 Å². The lowest BCUT2D eigenvalue weighted by Crippen LogP contribution is -1.98. The van der Waals surface area contributed by atoms with Gasteiger partial charge in [0.05, 0.1) is 0 Å². The minimum Gasteiger partial charge on any atom is -0.478 e. The second-order valence-electron chi connectivity index (χ2n) is 6.75. The lowest BCUT2D eigenvalue weighted by Gasteiger charge is -2.04. The van der Waals surface area contributed by atoms with Crippen LogP contribution in [0.4, 0.5) is 0 Å². The summed E-state index contributed by atoms with van der Waals surface area (Å²) in [6.07, 6.45) is 20.2. The van der Waals surface area contributed by atoms with E-state index in [-0.39, 0.29) is 0 Å². The van der Waals surface area contributed by atoms with Crippen molar-refractivity contribution in [3.63, 3.8) is 0 Å². The number of carboxylic acids is 1. The van der Waals surface area contributed by atoms with Gasteiger partial charge in [-0.05, 0) is 25.8 Å². The van der Waals surface area contributed by atoms with E-state index in [2.05, 4.69) is 6.58 Å². The maximum absolute atomic E-state index is 10.6. The Kier molecular flexibility index (Phi) is 16.9. The van der Waals surface area contributed by atoms with Crippen LogP contribution in [0.3, 0.4) is 0 Å². The molecule has 0 atom stereocenters. The van der Waals surface area contributed by atoms with Gasteiger partial charge in [-0.2, -0.15) is 0 Å². The van der Waals surface area contributed by atoms with Gasteiger partial charge < -0.3 is 10.8 Å². The average Bonchev–Trinajstić information content (AvgIpc) is 2.54. The van der Waals surface area contributed by atoms with Gasteiger partial charge in [0.2, 0.25) is 0 Å². The molecule has 23 heavy (non-hydrogen) atoms. The number of hydrogen-bond acceptors (Lipinski definition) is 2. The fourth-order valence-electron chi connectivity index (χ4n) is 2.89. The first-order valence-electron chi connectivity index (χ1n) is 9.79. The molecule has 0 aromatic carbocycles. The fourth-order valence-corrected chi connectivity index (χ4v) is 2.89. The molecule has 3 N–H and O–H groups in total. The van der Waals surface area contributed by atoms with Gasteiger partial charge in [0.1, 0.15) is 0 Å². The van der Waals surface area contributed by atoms with Gasteiger partial charge in [-0.3, -0.25) is 0 Å². The summed E-state index contributed by atoms with van der Waals surface area (Å²) in [4.78, 5) is 10.6. The second-order valence-corrected chi connectivity index (χ2v) is 6.75. The number of carbonyl (C=O) groups is 1. The van der Waals surface area contributed by atoms with Crippen molar-refractivity contribution in [1.29, 1.82) is 0 Å². The number of rotatable bonds is 18. The molecule has 0 saturated heterocycles. The summed E-state index contributed by atoms with van der Waals surface area (Å²) in [6, 6.07) is 0. The van der Waals surface area contributed by atoms with E-state index in [1.54, 1.807) is 0 Å². The smallest absolute Gasteiger partial charge is 0.330 e. The first kappa shape index (κ1) is 22.2. The molecule has 0 aliphatic rings. The predicted molar refractivity (Wildman–Crippen MR) is 99.7 cm³/mol. The third kappa shape index (κ3) is 17.4. The van der Waals surface area contributed by atoms with E-state index in [0.29, 0.717) is 12.0 Å². The molecule has 0 spiro atoms. The van der Waals surface area contributed by atoms with Gasteiger partial charge in [0.15, 0.2) is 0 Å². The zero-order valence-electron chi connectivity index (χ0n) is 15.2.